The number of methoxy groups -OCH3 is 2. The van der Waals surface area contributed by atoms with Crippen molar-refractivity contribution in [2.75, 3.05) is 40.5 Å². The normalized spacial score (nSPS) is 17.8. The number of ether oxygens (including phenoxy) is 2. The summed E-state index contributed by atoms with van der Waals surface area (Å²) in [5.41, 5.74) is 4.89. The summed E-state index contributed by atoms with van der Waals surface area (Å²) in [5, 5.41) is 19.5. The fraction of sp³-hybridized carbons (Fsp3) is 0.500. The maximum atomic E-state index is 9.82. The summed E-state index contributed by atoms with van der Waals surface area (Å²) in [5.74, 6) is 1.59. The Bertz CT molecular complexity index is 855. The van der Waals surface area contributed by atoms with Crippen molar-refractivity contribution in [2.24, 2.45) is 0 Å². The van der Waals surface area contributed by atoms with Crippen LogP contribution < -0.4 is 9.47 Å². The minimum Gasteiger partial charge on any atom is -0.504 e. The molecule has 30 heavy (non-hydrogen) atoms. The van der Waals surface area contributed by atoms with Crippen molar-refractivity contribution in [1.29, 1.82) is 0 Å². The fourth-order valence-corrected chi connectivity index (χ4v) is 4.27. The molecule has 164 valence electrons. The van der Waals surface area contributed by atoms with Gasteiger partial charge >= 0.3 is 0 Å². The molecule has 1 atom stereocenters. The topological polar surface area (TPSA) is 65.4 Å². The standard InChI is InChI=1S/C24H34N2O4/c1-17-18(2)23(29-3)8-6-20(17)15-26-11-10-25(16-21(26)9-12-27)14-19-5-7-22(28)24(13-19)30-4/h5-8,13,21,27-28H,9-12,14-16H2,1-4H3. The van der Waals surface area contributed by atoms with Crippen LogP contribution in [0.15, 0.2) is 30.3 Å². The maximum absolute atomic E-state index is 9.82. The summed E-state index contributed by atoms with van der Waals surface area (Å²) in [4.78, 5) is 4.90. The van der Waals surface area contributed by atoms with E-state index in [1.165, 1.54) is 16.7 Å². The number of hydrogen-bond acceptors (Lipinski definition) is 6. The van der Waals surface area contributed by atoms with Gasteiger partial charge < -0.3 is 19.7 Å². The third-order valence-electron chi connectivity index (χ3n) is 6.24. The third-order valence-corrected chi connectivity index (χ3v) is 6.24. The van der Waals surface area contributed by atoms with E-state index in [-0.39, 0.29) is 12.4 Å². The number of nitrogens with zero attached hydrogens (tertiary/aromatic N) is 2. The smallest absolute Gasteiger partial charge is 0.160 e. The van der Waals surface area contributed by atoms with E-state index >= 15 is 0 Å². The van der Waals surface area contributed by atoms with E-state index in [1.807, 2.05) is 18.2 Å². The highest BCUT2D eigenvalue weighted by molar-refractivity contribution is 5.43. The van der Waals surface area contributed by atoms with E-state index in [0.29, 0.717) is 11.8 Å². The molecule has 1 unspecified atom stereocenters. The van der Waals surface area contributed by atoms with Crippen molar-refractivity contribution in [3.8, 4) is 17.2 Å². The first-order valence-electron chi connectivity index (χ1n) is 10.5. The molecule has 0 aromatic heterocycles. The number of benzene rings is 2. The zero-order valence-electron chi connectivity index (χ0n) is 18.5. The highest BCUT2D eigenvalue weighted by Crippen LogP contribution is 2.29. The Kier molecular flexibility index (Phi) is 7.58. The van der Waals surface area contributed by atoms with Crippen molar-refractivity contribution in [3.05, 3.63) is 52.6 Å². The lowest BCUT2D eigenvalue weighted by molar-refractivity contribution is 0.0498. The van der Waals surface area contributed by atoms with E-state index in [2.05, 4.69) is 29.7 Å². The summed E-state index contributed by atoms with van der Waals surface area (Å²) in [7, 11) is 3.28. The molecule has 1 fully saturated rings. The first-order valence-corrected chi connectivity index (χ1v) is 10.5. The quantitative estimate of drug-likeness (QED) is 0.692. The number of aliphatic hydroxyl groups excluding tert-OH is 1. The number of phenolic OH excluding ortho intramolecular Hbond substituents is 1. The van der Waals surface area contributed by atoms with Crippen LogP contribution in [0.2, 0.25) is 0 Å². The van der Waals surface area contributed by atoms with E-state index in [9.17, 15) is 10.2 Å². The van der Waals surface area contributed by atoms with Gasteiger partial charge in [-0.05, 0) is 60.7 Å². The van der Waals surface area contributed by atoms with E-state index in [4.69, 9.17) is 9.47 Å². The lowest BCUT2D eigenvalue weighted by Crippen LogP contribution is -2.52. The Labute approximate surface area is 179 Å². The van der Waals surface area contributed by atoms with Crippen LogP contribution >= 0.6 is 0 Å². The molecule has 2 aromatic rings. The number of phenols is 1. The van der Waals surface area contributed by atoms with Crippen LogP contribution in [0, 0.1) is 13.8 Å². The second-order valence-electron chi connectivity index (χ2n) is 8.05. The number of aliphatic hydroxyl groups is 1. The Balaban J connectivity index is 1.69. The Morgan fingerprint density at radius 3 is 2.43 bits per heavy atom. The predicted molar refractivity (Wildman–Crippen MR) is 118 cm³/mol. The molecular formula is C24H34N2O4. The molecule has 2 aromatic carbocycles. The molecule has 6 nitrogen and oxygen atoms in total. The molecule has 0 amide bonds. The summed E-state index contributed by atoms with van der Waals surface area (Å²) >= 11 is 0. The predicted octanol–water partition coefficient (Wildman–Crippen LogP) is 3.10. The molecule has 3 rings (SSSR count). The molecule has 1 saturated heterocycles. The van der Waals surface area contributed by atoms with Crippen molar-refractivity contribution >= 4 is 0 Å². The molecular weight excluding hydrogens is 380 g/mol. The van der Waals surface area contributed by atoms with Crippen molar-refractivity contribution < 1.29 is 19.7 Å². The average molecular weight is 415 g/mol. The highest BCUT2D eigenvalue weighted by Gasteiger charge is 2.27. The van der Waals surface area contributed by atoms with E-state index in [0.717, 1.165) is 50.5 Å². The first-order chi connectivity index (χ1) is 14.5. The lowest BCUT2D eigenvalue weighted by Gasteiger charge is -2.41. The third kappa shape index (κ3) is 5.06. The Morgan fingerprint density at radius 1 is 0.967 bits per heavy atom. The zero-order chi connectivity index (χ0) is 21.7. The van der Waals surface area contributed by atoms with Crippen LogP contribution in [0.25, 0.3) is 0 Å². The molecule has 0 saturated carbocycles. The highest BCUT2D eigenvalue weighted by atomic mass is 16.5. The average Bonchev–Trinajstić information content (AvgIpc) is 2.75. The van der Waals surface area contributed by atoms with Crippen LogP contribution in [0.4, 0.5) is 0 Å². The second kappa shape index (κ2) is 10.2. The van der Waals surface area contributed by atoms with E-state index < -0.39 is 0 Å². The van der Waals surface area contributed by atoms with Gasteiger partial charge in [-0.1, -0.05) is 12.1 Å². The monoisotopic (exact) mass is 414 g/mol. The number of aromatic hydroxyl groups is 1. The van der Waals surface area contributed by atoms with Gasteiger partial charge in [-0.25, -0.2) is 0 Å². The minimum absolute atomic E-state index is 0.161. The molecule has 1 heterocycles. The Hall–Kier alpha value is -2.28. The van der Waals surface area contributed by atoms with Gasteiger partial charge in [0, 0.05) is 45.4 Å². The van der Waals surface area contributed by atoms with Crippen molar-refractivity contribution in [1.82, 2.24) is 9.80 Å². The van der Waals surface area contributed by atoms with Gasteiger partial charge in [0.25, 0.3) is 0 Å². The van der Waals surface area contributed by atoms with Crippen LogP contribution in [-0.4, -0.2) is 66.5 Å². The Morgan fingerprint density at radius 2 is 1.73 bits per heavy atom. The first kappa shape index (κ1) is 22.4. The molecule has 1 aliphatic heterocycles. The lowest BCUT2D eigenvalue weighted by atomic mass is 10.00. The van der Waals surface area contributed by atoms with Gasteiger partial charge in [0.05, 0.1) is 14.2 Å². The number of piperazine rings is 1. The molecule has 0 bridgehead atoms. The summed E-state index contributed by atoms with van der Waals surface area (Å²) in [6, 6.07) is 10.0. The molecule has 0 radical (unpaired) electrons. The molecule has 0 spiro atoms. The summed E-state index contributed by atoms with van der Waals surface area (Å²) < 4.78 is 10.7. The SMILES string of the molecule is COc1cc(CN2CCN(Cc3ccc(OC)c(C)c3C)C(CCO)C2)ccc1O. The number of rotatable bonds is 8. The van der Waals surface area contributed by atoms with Crippen LogP contribution in [-0.2, 0) is 13.1 Å². The van der Waals surface area contributed by atoms with Gasteiger partial charge in [-0.15, -0.1) is 0 Å². The molecule has 2 N–H and O–H groups in total. The largest absolute Gasteiger partial charge is 0.504 e. The number of hydrogen-bond donors (Lipinski definition) is 2. The van der Waals surface area contributed by atoms with E-state index in [1.54, 1.807) is 20.3 Å². The van der Waals surface area contributed by atoms with Crippen LogP contribution in [0.1, 0.15) is 28.7 Å². The fourth-order valence-electron chi connectivity index (χ4n) is 4.27. The van der Waals surface area contributed by atoms with Gasteiger partial charge in [0.1, 0.15) is 5.75 Å². The molecule has 1 aliphatic rings. The van der Waals surface area contributed by atoms with Crippen LogP contribution in [0.5, 0.6) is 17.2 Å². The molecule has 6 heteroatoms. The van der Waals surface area contributed by atoms with Crippen LogP contribution in [0.3, 0.4) is 0 Å². The second-order valence-corrected chi connectivity index (χ2v) is 8.05. The minimum atomic E-state index is 0.161. The zero-order valence-corrected chi connectivity index (χ0v) is 18.5. The maximum Gasteiger partial charge on any atom is 0.160 e. The summed E-state index contributed by atoms with van der Waals surface area (Å²) in [6.07, 6.45) is 0.754. The van der Waals surface area contributed by atoms with Gasteiger partial charge in [0.15, 0.2) is 11.5 Å². The molecule has 0 aliphatic carbocycles. The van der Waals surface area contributed by atoms with Crippen molar-refractivity contribution in [3.63, 3.8) is 0 Å². The van der Waals surface area contributed by atoms with Crippen molar-refractivity contribution in [2.45, 2.75) is 39.4 Å². The summed E-state index contributed by atoms with van der Waals surface area (Å²) in [6.45, 7) is 8.93. The van der Waals surface area contributed by atoms with Gasteiger partial charge in [0.2, 0.25) is 0 Å². The van der Waals surface area contributed by atoms with Gasteiger partial charge in [-0.2, -0.15) is 0 Å². The van der Waals surface area contributed by atoms with Gasteiger partial charge in [-0.3, -0.25) is 9.80 Å².